The molecule has 0 saturated carbocycles. The van der Waals surface area contributed by atoms with Gasteiger partial charge < -0.3 is 10.1 Å². The van der Waals surface area contributed by atoms with E-state index in [9.17, 15) is 9.18 Å². The number of nitrogens with zero attached hydrogens (tertiary/aromatic N) is 1. The Bertz CT molecular complexity index is 545. The Kier molecular flexibility index (Phi) is 5.45. The van der Waals surface area contributed by atoms with Crippen LogP contribution < -0.4 is 5.32 Å². The molecule has 1 N–H and O–H groups in total. The van der Waals surface area contributed by atoms with Gasteiger partial charge in [-0.15, -0.1) is 0 Å². The van der Waals surface area contributed by atoms with Crippen LogP contribution in [0.3, 0.4) is 0 Å². The number of hydrogen-bond donors (Lipinski definition) is 1. The third kappa shape index (κ3) is 4.95. The van der Waals surface area contributed by atoms with Crippen molar-refractivity contribution in [3.8, 4) is 0 Å². The van der Waals surface area contributed by atoms with Gasteiger partial charge in [-0.05, 0) is 54.8 Å². The Morgan fingerprint density at radius 1 is 1.50 bits per heavy atom. The molecule has 1 atom stereocenters. The van der Waals surface area contributed by atoms with Crippen LogP contribution in [0.25, 0.3) is 0 Å². The second-order valence-electron chi connectivity index (χ2n) is 6.58. The number of halogens is 2. The topological polar surface area (TPSA) is 41.6 Å². The van der Waals surface area contributed by atoms with Crippen molar-refractivity contribution in [1.82, 2.24) is 10.2 Å². The summed E-state index contributed by atoms with van der Waals surface area (Å²) in [6.07, 6.45) is 0.484. The SMILES string of the molecule is CC(C)(C)OC(=O)N[C@@H]1CCN(Cc2cccc(F)c2Br)C1. The summed E-state index contributed by atoms with van der Waals surface area (Å²) in [4.78, 5) is 14.0. The monoisotopic (exact) mass is 372 g/mol. The molecule has 1 amide bonds. The molecule has 1 heterocycles. The minimum atomic E-state index is -0.491. The fourth-order valence-electron chi connectivity index (χ4n) is 2.48. The van der Waals surface area contributed by atoms with Gasteiger partial charge in [-0.25, -0.2) is 9.18 Å². The maximum atomic E-state index is 13.5. The molecule has 0 aromatic heterocycles. The number of benzene rings is 1. The minimum absolute atomic E-state index is 0.0715. The normalized spacial score (nSPS) is 19.2. The van der Waals surface area contributed by atoms with E-state index in [-0.39, 0.29) is 18.0 Å². The molecule has 0 spiro atoms. The summed E-state index contributed by atoms with van der Waals surface area (Å²) in [6, 6.07) is 5.12. The smallest absolute Gasteiger partial charge is 0.407 e. The van der Waals surface area contributed by atoms with Crippen LogP contribution in [0.15, 0.2) is 22.7 Å². The largest absolute Gasteiger partial charge is 0.444 e. The maximum Gasteiger partial charge on any atom is 0.407 e. The highest BCUT2D eigenvalue weighted by molar-refractivity contribution is 9.10. The van der Waals surface area contributed by atoms with Gasteiger partial charge in [-0.1, -0.05) is 12.1 Å². The van der Waals surface area contributed by atoms with Gasteiger partial charge in [-0.2, -0.15) is 0 Å². The predicted octanol–water partition coefficient (Wildman–Crippen LogP) is 3.69. The lowest BCUT2D eigenvalue weighted by Gasteiger charge is -2.22. The lowest BCUT2D eigenvalue weighted by molar-refractivity contribution is 0.0506. The lowest BCUT2D eigenvalue weighted by Crippen LogP contribution is -2.40. The van der Waals surface area contributed by atoms with Crippen molar-refractivity contribution in [2.24, 2.45) is 0 Å². The summed E-state index contributed by atoms with van der Waals surface area (Å²) in [7, 11) is 0. The summed E-state index contributed by atoms with van der Waals surface area (Å²) < 4.78 is 19.3. The highest BCUT2D eigenvalue weighted by atomic mass is 79.9. The van der Waals surface area contributed by atoms with E-state index in [0.717, 1.165) is 25.1 Å². The molecule has 0 radical (unpaired) electrons. The van der Waals surface area contributed by atoms with Crippen molar-refractivity contribution in [3.63, 3.8) is 0 Å². The van der Waals surface area contributed by atoms with Gasteiger partial charge in [0.15, 0.2) is 0 Å². The van der Waals surface area contributed by atoms with E-state index in [0.29, 0.717) is 11.0 Å². The third-order valence-electron chi connectivity index (χ3n) is 3.42. The van der Waals surface area contributed by atoms with Crippen LogP contribution in [0.1, 0.15) is 32.8 Å². The van der Waals surface area contributed by atoms with Gasteiger partial charge in [0.2, 0.25) is 0 Å². The first-order valence-electron chi connectivity index (χ1n) is 7.39. The standard InChI is InChI=1S/C16H22BrFN2O2/c1-16(2,3)22-15(21)19-12-7-8-20(10-12)9-11-5-4-6-13(18)14(11)17/h4-6,12H,7-10H2,1-3H3,(H,19,21)/t12-/m1/s1. The lowest BCUT2D eigenvalue weighted by atomic mass is 10.2. The molecule has 0 aliphatic carbocycles. The molecule has 1 aliphatic rings. The van der Waals surface area contributed by atoms with E-state index in [4.69, 9.17) is 4.74 Å². The summed E-state index contributed by atoms with van der Waals surface area (Å²) in [5, 5.41) is 2.89. The summed E-state index contributed by atoms with van der Waals surface area (Å²) >= 11 is 3.28. The number of amides is 1. The molecule has 22 heavy (non-hydrogen) atoms. The van der Waals surface area contributed by atoms with Crippen LogP contribution >= 0.6 is 15.9 Å². The van der Waals surface area contributed by atoms with E-state index in [1.54, 1.807) is 6.07 Å². The molecule has 2 rings (SSSR count). The number of carbonyl (C=O) groups is 1. The van der Waals surface area contributed by atoms with Crippen LogP contribution in [0.4, 0.5) is 9.18 Å². The Balaban J connectivity index is 1.85. The molecule has 6 heteroatoms. The Morgan fingerprint density at radius 2 is 2.23 bits per heavy atom. The first-order valence-corrected chi connectivity index (χ1v) is 8.18. The van der Waals surface area contributed by atoms with Gasteiger partial charge in [0.1, 0.15) is 11.4 Å². The molecule has 1 aromatic rings. The Labute approximate surface area is 139 Å². The van der Waals surface area contributed by atoms with Crippen molar-refractivity contribution >= 4 is 22.0 Å². The van der Waals surface area contributed by atoms with Crippen LogP contribution in [0.2, 0.25) is 0 Å². The number of ether oxygens (including phenoxy) is 1. The fraction of sp³-hybridized carbons (Fsp3) is 0.562. The molecule has 4 nitrogen and oxygen atoms in total. The van der Waals surface area contributed by atoms with Crippen LogP contribution in [0.5, 0.6) is 0 Å². The molecule has 122 valence electrons. The number of alkyl carbamates (subject to hydrolysis) is 1. The summed E-state index contributed by atoms with van der Waals surface area (Å²) in [6.45, 7) is 7.79. The average molecular weight is 373 g/mol. The highest BCUT2D eigenvalue weighted by Gasteiger charge is 2.26. The van der Waals surface area contributed by atoms with Crippen molar-refractivity contribution < 1.29 is 13.9 Å². The predicted molar refractivity (Wildman–Crippen MR) is 87.2 cm³/mol. The molecular formula is C16H22BrFN2O2. The van der Waals surface area contributed by atoms with Gasteiger partial charge in [0.25, 0.3) is 0 Å². The molecule has 1 fully saturated rings. The van der Waals surface area contributed by atoms with Gasteiger partial charge in [0.05, 0.1) is 4.47 Å². The maximum absolute atomic E-state index is 13.5. The molecule has 1 aliphatic heterocycles. The number of carbonyl (C=O) groups excluding carboxylic acids is 1. The van der Waals surface area contributed by atoms with Crippen molar-refractivity contribution in [2.75, 3.05) is 13.1 Å². The Hall–Kier alpha value is -1.14. The molecule has 0 bridgehead atoms. The molecule has 1 saturated heterocycles. The zero-order valence-electron chi connectivity index (χ0n) is 13.2. The number of likely N-dealkylation sites (tertiary alicyclic amines) is 1. The van der Waals surface area contributed by atoms with Crippen LogP contribution in [-0.2, 0) is 11.3 Å². The molecule has 1 aromatic carbocycles. The summed E-state index contributed by atoms with van der Waals surface area (Å²) in [5.74, 6) is -0.250. The van der Waals surface area contributed by atoms with Crippen LogP contribution in [-0.4, -0.2) is 35.7 Å². The fourth-order valence-corrected chi connectivity index (χ4v) is 2.87. The van der Waals surface area contributed by atoms with Gasteiger partial charge >= 0.3 is 6.09 Å². The molecule has 0 unspecified atom stereocenters. The van der Waals surface area contributed by atoms with Gasteiger partial charge in [0, 0.05) is 25.7 Å². The zero-order chi connectivity index (χ0) is 16.3. The Morgan fingerprint density at radius 3 is 2.91 bits per heavy atom. The van der Waals surface area contributed by atoms with Crippen molar-refractivity contribution in [3.05, 3.63) is 34.1 Å². The quantitative estimate of drug-likeness (QED) is 0.879. The first-order chi connectivity index (χ1) is 10.2. The second kappa shape index (κ2) is 6.96. The number of hydrogen-bond acceptors (Lipinski definition) is 3. The average Bonchev–Trinajstić information content (AvgIpc) is 2.80. The first kappa shape index (κ1) is 17.2. The zero-order valence-corrected chi connectivity index (χ0v) is 14.7. The second-order valence-corrected chi connectivity index (χ2v) is 7.37. The van der Waals surface area contributed by atoms with E-state index in [2.05, 4.69) is 26.1 Å². The number of rotatable bonds is 3. The van der Waals surface area contributed by atoms with E-state index >= 15 is 0 Å². The van der Waals surface area contributed by atoms with Crippen molar-refractivity contribution in [1.29, 1.82) is 0 Å². The van der Waals surface area contributed by atoms with Gasteiger partial charge in [-0.3, -0.25) is 4.90 Å². The van der Waals surface area contributed by atoms with E-state index < -0.39 is 5.60 Å². The summed E-state index contributed by atoms with van der Waals surface area (Å²) in [5.41, 5.74) is 0.423. The third-order valence-corrected chi connectivity index (χ3v) is 4.31. The van der Waals surface area contributed by atoms with E-state index in [1.165, 1.54) is 6.07 Å². The van der Waals surface area contributed by atoms with E-state index in [1.807, 2.05) is 26.8 Å². The number of nitrogens with one attached hydrogen (secondary N) is 1. The minimum Gasteiger partial charge on any atom is -0.444 e. The van der Waals surface area contributed by atoms with Crippen molar-refractivity contribution in [2.45, 2.75) is 45.4 Å². The molecular weight excluding hydrogens is 351 g/mol. The highest BCUT2D eigenvalue weighted by Crippen LogP contribution is 2.23. The van der Waals surface area contributed by atoms with Crippen LogP contribution in [0, 0.1) is 5.82 Å².